The maximum Gasteiger partial charge on any atom is 0.161 e. The Bertz CT molecular complexity index is 550. The molecular weight excluding hydrogens is 263 g/mol. The molecule has 0 aliphatic heterocycles. The predicted molar refractivity (Wildman–Crippen MR) is 73.0 cm³/mol. The fourth-order valence-electron chi connectivity index (χ4n) is 4.45. The van der Waals surface area contributed by atoms with Gasteiger partial charge in [-0.2, -0.15) is 0 Å². The van der Waals surface area contributed by atoms with Crippen molar-refractivity contribution in [2.45, 2.75) is 46.1 Å². The topological polar surface area (TPSA) is 12.0 Å². The maximum absolute atomic E-state index is 13.8. The van der Waals surface area contributed by atoms with E-state index < -0.39 is 17.5 Å². The second-order valence-corrected chi connectivity index (χ2v) is 7.24. The van der Waals surface area contributed by atoms with Crippen molar-refractivity contribution >= 4 is 5.69 Å². The number of nitrogens with one attached hydrogen (secondary N) is 1. The molecule has 20 heavy (non-hydrogen) atoms. The van der Waals surface area contributed by atoms with E-state index in [0.717, 1.165) is 18.9 Å². The van der Waals surface area contributed by atoms with Crippen LogP contribution in [0.25, 0.3) is 0 Å². The summed E-state index contributed by atoms with van der Waals surface area (Å²) < 4.78 is 40.2. The van der Waals surface area contributed by atoms with Crippen LogP contribution in [0.15, 0.2) is 12.1 Å². The lowest BCUT2D eigenvalue weighted by Crippen LogP contribution is -2.46. The molecule has 0 radical (unpaired) electrons. The van der Waals surface area contributed by atoms with Gasteiger partial charge in [-0.15, -0.1) is 0 Å². The average Bonchev–Trinajstić information content (AvgIpc) is 2.82. The van der Waals surface area contributed by atoms with Gasteiger partial charge in [-0.25, -0.2) is 13.2 Å². The average molecular weight is 283 g/mol. The molecule has 2 aliphatic carbocycles. The van der Waals surface area contributed by atoms with E-state index in [1.54, 1.807) is 0 Å². The van der Waals surface area contributed by atoms with E-state index in [1.807, 2.05) is 0 Å². The summed E-state index contributed by atoms with van der Waals surface area (Å²) >= 11 is 0. The number of fused-ring (bicyclic) bond motifs is 2. The SMILES string of the molecule is CC1(C)C(Nc2cc(F)c(F)cc2F)[C@]2(C)CC[C@H]1C2. The standard InChI is InChI=1S/C16H20F3N/c1-15(2)9-4-5-16(3,8-9)14(15)20-13-7-11(18)10(17)6-12(13)19/h6-7,9,14,20H,4-5,8H2,1-3H3/t9-,14?,16+/m0/s1. The first-order valence-corrected chi connectivity index (χ1v) is 7.15. The summed E-state index contributed by atoms with van der Waals surface area (Å²) in [7, 11) is 0. The van der Waals surface area contributed by atoms with Gasteiger partial charge in [0.25, 0.3) is 0 Å². The Hall–Kier alpha value is -1.19. The molecule has 2 saturated carbocycles. The molecule has 2 aliphatic rings. The molecule has 2 bridgehead atoms. The molecule has 1 unspecified atom stereocenters. The van der Waals surface area contributed by atoms with Crippen LogP contribution in [-0.2, 0) is 0 Å². The lowest BCUT2D eigenvalue weighted by atomic mass is 9.68. The molecule has 0 spiro atoms. The number of benzene rings is 1. The van der Waals surface area contributed by atoms with E-state index in [2.05, 4.69) is 26.1 Å². The van der Waals surface area contributed by atoms with Crippen molar-refractivity contribution in [1.29, 1.82) is 0 Å². The molecule has 3 atom stereocenters. The Kier molecular flexibility index (Phi) is 2.86. The third kappa shape index (κ3) is 1.84. The molecule has 0 saturated heterocycles. The van der Waals surface area contributed by atoms with Gasteiger partial charge in [0.15, 0.2) is 11.6 Å². The summed E-state index contributed by atoms with van der Waals surface area (Å²) in [5.74, 6) is -2.28. The summed E-state index contributed by atoms with van der Waals surface area (Å²) in [6.07, 6.45) is 3.41. The van der Waals surface area contributed by atoms with Gasteiger partial charge in [-0.05, 0) is 36.0 Å². The van der Waals surface area contributed by atoms with Crippen LogP contribution in [0.3, 0.4) is 0 Å². The van der Waals surface area contributed by atoms with E-state index in [0.29, 0.717) is 12.0 Å². The smallest absolute Gasteiger partial charge is 0.161 e. The second kappa shape index (κ2) is 4.15. The Morgan fingerprint density at radius 2 is 1.70 bits per heavy atom. The highest BCUT2D eigenvalue weighted by Crippen LogP contribution is 2.63. The summed E-state index contributed by atoms with van der Waals surface area (Å²) in [6.45, 7) is 6.56. The third-order valence-electron chi connectivity index (χ3n) is 5.58. The summed E-state index contributed by atoms with van der Waals surface area (Å²) in [4.78, 5) is 0. The minimum atomic E-state index is -1.15. The van der Waals surface area contributed by atoms with E-state index in [9.17, 15) is 13.2 Å². The Morgan fingerprint density at radius 1 is 1.05 bits per heavy atom. The van der Waals surface area contributed by atoms with Crippen LogP contribution in [0, 0.1) is 34.2 Å². The molecule has 2 fully saturated rings. The summed E-state index contributed by atoms with van der Waals surface area (Å²) in [6, 6.07) is 1.61. The molecule has 4 heteroatoms. The molecule has 0 heterocycles. The second-order valence-electron chi connectivity index (χ2n) is 7.24. The van der Waals surface area contributed by atoms with Gasteiger partial charge in [0.1, 0.15) is 5.82 Å². The lowest BCUT2D eigenvalue weighted by Gasteiger charge is -2.43. The normalized spacial score (nSPS) is 34.5. The fraction of sp³-hybridized carbons (Fsp3) is 0.625. The molecule has 3 rings (SSSR count). The van der Waals surface area contributed by atoms with E-state index in [-0.39, 0.29) is 22.6 Å². The molecule has 1 aromatic rings. The quantitative estimate of drug-likeness (QED) is 0.774. The minimum absolute atomic E-state index is 0.0320. The van der Waals surface area contributed by atoms with E-state index in [1.165, 1.54) is 6.42 Å². The van der Waals surface area contributed by atoms with Gasteiger partial charge in [-0.1, -0.05) is 20.8 Å². The van der Waals surface area contributed by atoms with Gasteiger partial charge >= 0.3 is 0 Å². The highest BCUT2D eigenvalue weighted by molar-refractivity contribution is 5.48. The van der Waals surface area contributed by atoms with Gasteiger partial charge < -0.3 is 5.32 Å². The van der Waals surface area contributed by atoms with Crippen LogP contribution in [0.1, 0.15) is 40.0 Å². The minimum Gasteiger partial charge on any atom is -0.379 e. The molecule has 0 aromatic heterocycles. The van der Waals surface area contributed by atoms with Crippen LogP contribution >= 0.6 is 0 Å². The van der Waals surface area contributed by atoms with Crippen LogP contribution in [0.5, 0.6) is 0 Å². The van der Waals surface area contributed by atoms with Crippen LogP contribution < -0.4 is 5.32 Å². The molecule has 110 valence electrons. The van der Waals surface area contributed by atoms with Crippen LogP contribution in [-0.4, -0.2) is 6.04 Å². The zero-order valence-corrected chi connectivity index (χ0v) is 12.1. The van der Waals surface area contributed by atoms with Crippen molar-refractivity contribution < 1.29 is 13.2 Å². The first-order valence-electron chi connectivity index (χ1n) is 7.15. The van der Waals surface area contributed by atoms with Crippen molar-refractivity contribution in [3.8, 4) is 0 Å². The zero-order valence-electron chi connectivity index (χ0n) is 12.1. The Balaban J connectivity index is 1.93. The predicted octanol–water partition coefficient (Wildman–Crippen LogP) is 4.73. The Labute approximate surface area is 117 Å². The fourth-order valence-corrected chi connectivity index (χ4v) is 4.45. The Morgan fingerprint density at radius 3 is 2.30 bits per heavy atom. The van der Waals surface area contributed by atoms with Gasteiger partial charge in [0.2, 0.25) is 0 Å². The maximum atomic E-state index is 13.8. The molecule has 1 nitrogen and oxygen atoms in total. The van der Waals surface area contributed by atoms with Gasteiger partial charge in [-0.3, -0.25) is 0 Å². The highest BCUT2D eigenvalue weighted by Gasteiger charge is 2.59. The molecule has 1 aromatic carbocycles. The van der Waals surface area contributed by atoms with Crippen molar-refractivity contribution in [3.05, 3.63) is 29.6 Å². The third-order valence-corrected chi connectivity index (χ3v) is 5.58. The molecular formula is C16H20F3N. The number of hydrogen-bond acceptors (Lipinski definition) is 1. The van der Waals surface area contributed by atoms with Crippen LogP contribution in [0.2, 0.25) is 0 Å². The van der Waals surface area contributed by atoms with Crippen molar-refractivity contribution in [1.82, 2.24) is 0 Å². The lowest BCUT2D eigenvalue weighted by molar-refractivity contribution is 0.155. The number of hydrogen-bond donors (Lipinski definition) is 1. The highest BCUT2D eigenvalue weighted by atomic mass is 19.2. The van der Waals surface area contributed by atoms with Gasteiger partial charge in [0.05, 0.1) is 5.69 Å². The first-order chi connectivity index (χ1) is 9.24. The monoisotopic (exact) mass is 283 g/mol. The first kappa shape index (κ1) is 13.8. The summed E-state index contributed by atoms with van der Waals surface area (Å²) in [5.41, 5.74) is 0.200. The van der Waals surface area contributed by atoms with Crippen LogP contribution in [0.4, 0.5) is 18.9 Å². The van der Waals surface area contributed by atoms with E-state index in [4.69, 9.17) is 0 Å². The number of halogens is 3. The van der Waals surface area contributed by atoms with Gasteiger partial charge in [0, 0.05) is 18.2 Å². The zero-order chi connectivity index (χ0) is 14.7. The summed E-state index contributed by atoms with van der Waals surface area (Å²) in [5, 5.41) is 3.16. The van der Waals surface area contributed by atoms with Crippen molar-refractivity contribution in [3.63, 3.8) is 0 Å². The number of anilines is 1. The van der Waals surface area contributed by atoms with Crippen molar-refractivity contribution in [2.75, 3.05) is 5.32 Å². The largest absolute Gasteiger partial charge is 0.379 e. The van der Waals surface area contributed by atoms with Crippen molar-refractivity contribution in [2.24, 2.45) is 16.7 Å². The van der Waals surface area contributed by atoms with E-state index >= 15 is 0 Å². The number of rotatable bonds is 2. The molecule has 0 amide bonds. The molecule has 1 N–H and O–H groups in total.